The van der Waals surface area contributed by atoms with E-state index in [0.29, 0.717) is 12.1 Å². The molecule has 5 nitrogen and oxygen atoms in total. The summed E-state index contributed by atoms with van der Waals surface area (Å²) in [4.78, 5) is 40.0. The fourth-order valence-corrected chi connectivity index (χ4v) is 17.5. The minimum atomic E-state index is -4.76. The number of halogens is 15. The van der Waals surface area contributed by atoms with Crippen LogP contribution in [0.1, 0.15) is 138 Å². The van der Waals surface area contributed by atoms with E-state index in [1.54, 1.807) is 52.2 Å². The number of carbonyl (C=O) groups excluding carboxylic acids is 2. The highest BCUT2D eigenvalue weighted by Crippen LogP contribution is 2.50. The zero-order valence-electron chi connectivity index (χ0n) is 80.6. The number of hydrogen-bond acceptors (Lipinski definition) is 10. The van der Waals surface area contributed by atoms with Crippen molar-refractivity contribution < 1.29 is 75.4 Å². The van der Waals surface area contributed by atoms with Gasteiger partial charge in [-0.1, -0.05) is 314 Å². The van der Waals surface area contributed by atoms with Gasteiger partial charge in [0.2, 0.25) is 0 Å². The Labute approximate surface area is 833 Å². The molecule has 0 spiro atoms. The quantitative estimate of drug-likeness (QED) is 0.127. The zero-order chi connectivity index (χ0) is 103. The number of carbonyl (C=O) groups is 2. The zero-order valence-corrected chi connectivity index (χ0v) is 84.7. The van der Waals surface area contributed by atoms with Crippen LogP contribution in [0, 0.1) is 67.2 Å². The number of benzene rings is 12. The summed E-state index contributed by atoms with van der Waals surface area (Å²) >= 11 is 5.54. The minimum absolute atomic E-state index is 0.0159. The Balaban J connectivity index is 0.000000190. The molecule has 0 amide bonds. The molecule has 25 heteroatoms. The molecule has 0 saturated carbocycles. The number of aromatic nitrogens is 1. The third-order valence-corrected chi connectivity index (χ3v) is 27.0. The van der Waals surface area contributed by atoms with Crippen LogP contribution in [0.2, 0.25) is 0 Å². The first-order valence-electron chi connectivity index (χ1n) is 44.7. The molecule has 19 rings (SSSR count). The van der Waals surface area contributed by atoms with E-state index >= 15 is 0 Å². The van der Waals surface area contributed by atoms with Crippen LogP contribution >= 0.6 is 56.4 Å². The summed E-state index contributed by atoms with van der Waals surface area (Å²) in [6, 6.07) is 85.9. The van der Waals surface area contributed by atoms with E-state index in [4.69, 9.17) is 0 Å². The lowest BCUT2D eigenvalue weighted by Gasteiger charge is -2.40. The molecule has 4 atom stereocenters. The Kier molecular flexibility index (Phi) is 43.2. The molecule has 2 aromatic heterocycles. The molecule has 14 aromatic rings. The van der Waals surface area contributed by atoms with Crippen molar-refractivity contribution in [2.45, 2.75) is 164 Å². The lowest BCUT2D eigenvalue weighted by molar-refractivity contribution is -0.144. The second-order valence-electron chi connectivity index (χ2n) is 33.8. The molecule has 3 aliphatic heterocycles. The van der Waals surface area contributed by atoms with Crippen LogP contribution in [0.5, 0.6) is 0 Å². The average Bonchev–Trinajstić information content (AvgIpc) is 0.812. The predicted octanol–water partition coefficient (Wildman–Crippen LogP) is 35.9. The van der Waals surface area contributed by atoms with Crippen LogP contribution in [-0.4, -0.2) is 54.7 Å². The van der Waals surface area contributed by atoms with Crippen molar-refractivity contribution in [3.05, 3.63) is 445 Å². The van der Waals surface area contributed by atoms with Gasteiger partial charge in [-0.2, -0.15) is 65.9 Å². The number of likely N-dealkylation sites (N-methyl/N-ethyl adjacent to an activating group) is 2. The van der Waals surface area contributed by atoms with Crippen molar-refractivity contribution in [1.29, 1.82) is 0 Å². The lowest BCUT2D eigenvalue weighted by Crippen LogP contribution is -2.47. The van der Waals surface area contributed by atoms with E-state index in [0.717, 1.165) is 58.9 Å². The molecule has 12 aromatic carbocycles. The van der Waals surface area contributed by atoms with E-state index in [1.807, 2.05) is 135 Å². The van der Waals surface area contributed by atoms with Gasteiger partial charge in [-0.05, 0) is 256 Å². The van der Waals surface area contributed by atoms with Gasteiger partial charge in [0, 0.05) is 72.9 Å². The van der Waals surface area contributed by atoms with Crippen LogP contribution in [0.25, 0.3) is 21.5 Å². The molecule has 0 bridgehead atoms. The molecular weight excluding hydrogens is 1900 g/mol. The number of anilines is 2. The summed E-state index contributed by atoms with van der Waals surface area (Å²) in [5.74, 6) is 0.440. The third kappa shape index (κ3) is 34.9. The SMILES string of the molecule is CCN1c2ccccc2C(=O)C2C=CC=CC21.CCc1cc(C(F)(F)F)cc(C(F)(F)F)c1.CN1c2ccccc2C(=O)C2C=CC=CC21.CSSC.Cc1cc(C(F)(F)F)cc(C(F)(F)F)c1.Cc1ccc(C(C)(C)C)cc1.Cc1ccc(C(F)(F)F)cc1.Cc1ccc2ccccc2c1.Cc1cccc2c1Sc1ccccc1S2.Cc1cccc2ccccc12.Cc1cccs1.Cc1ccncc1. The van der Waals surface area contributed by atoms with Gasteiger partial charge >= 0.3 is 30.9 Å². The molecule has 0 radical (unpaired) electrons. The number of nitrogens with zero attached hydrogens (tertiary/aromatic N) is 3. The largest absolute Gasteiger partial charge is 0.416 e. The van der Waals surface area contributed by atoms with Gasteiger partial charge in [0.1, 0.15) is 0 Å². The number of Topliss-reactive ketones (excluding diaryl/α,β-unsaturated/α-hetero) is 2. The van der Waals surface area contributed by atoms with Crippen LogP contribution < -0.4 is 9.80 Å². The lowest BCUT2D eigenvalue weighted by atomic mass is 9.82. The summed E-state index contributed by atoms with van der Waals surface area (Å²) in [6.45, 7) is 26.9. The molecule has 140 heavy (non-hydrogen) atoms. The highest BCUT2D eigenvalue weighted by Gasteiger charge is 2.41. The Bertz CT molecular complexity index is 6290. The number of aryl methyl sites for hydroxylation is 9. The van der Waals surface area contributed by atoms with Crippen molar-refractivity contribution in [3.63, 3.8) is 0 Å². The molecule has 5 aliphatic rings. The van der Waals surface area contributed by atoms with E-state index < -0.39 is 58.7 Å². The molecular formula is C115H114F15N3O2S5. The van der Waals surface area contributed by atoms with Gasteiger partial charge < -0.3 is 9.80 Å². The molecule has 2 aliphatic carbocycles. The normalized spacial score (nSPS) is 14.9. The van der Waals surface area contributed by atoms with Crippen LogP contribution in [0.3, 0.4) is 0 Å². The predicted molar refractivity (Wildman–Crippen MR) is 555 cm³/mol. The first-order chi connectivity index (χ1) is 66.1. The standard InChI is InChI=1S/C15H15NO.C14H13NO.C13H10S2.2C11H10.C11H16.C10H8F6.C9H6F6.C8H7F3.C6H7N.C5H6S.C2H6S2/c1-2-16-13-9-5-3-7-11(13)15(17)12-8-4-6-10-14(12)16;1-15-12-8-4-2-6-10(12)14(16)11-7-3-5-9-13(11)15;1-9-5-4-8-12-13(9)15-11-7-3-2-6-10(11)14-12;1-9-5-4-7-10-6-2-3-8-11(9)10;1-9-6-7-10-4-2-3-5-11(10)8-9;1-9-5-7-10(8-6-9)11(2,3)4;1-2-6-3-7(9(11,12)13)5-8(4-6)10(14,15)16;1-5-2-6(8(10,11)12)4-7(3-5)9(13,14)15;1-6-2-4-7(5-3-6)8(9,10)11;1-6-2-4-7-5-3-6;1-5-3-2-4-6-5;1-3-4-2/h3-11,13H,2H2,1H3;2-10,12H,1H3;2-8H,1H3;2*2-8H,1H3;5-8H,1-4H3;3-5H,2H2,1H3;2-4H,1H3;2-5H,1H3;2-5H,1H3;2-4H,1H3;1-2H3. The summed E-state index contributed by atoms with van der Waals surface area (Å²) in [7, 11) is 5.59. The Morgan fingerprint density at radius 2 is 0.771 bits per heavy atom. The topological polar surface area (TPSA) is 53.5 Å². The van der Waals surface area contributed by atoms with Crippen LogP contribution in [0.4, 0.5) is 77.2 Å². The fourth-order valence-electron chi connectivity index (χ4n) is 14.6. The fraction of sp³-hybridized carbons (Fsp3) is 0.243. The van der Waals surface area contributed by atoms with Gasteiger partial charge in [0.05, 0.1) is 51.7 Å². The first-order valence-corrected chi connectivity index (χ1v) is 50.2. The van der Waals surface area contributed by atoms with Gasteiger partial charge in [0.15, 0.2) is 11.6 Å². The molecule has 5 heterocycles. The van der Waals surface area contributed by atoms with E-state index in [1.165, 1.54) is 105 Å². The first kappa shape index (κ1) is 114. The number of allylic oxidation sites excluding steroid dienone is 4. The van der Waals surface area contributed by atoms with E-state index in [-0.39, 0.29) is 70.6 Å². The Morgan fingerprint density at radius 1 is 0.357 bits per heavy atom. The molecule has 0 saturated heterocycles. The van der Waals surface area contributed by atoms with E-state index in [9.17, 15) is 75.4 Å². The maximum absolute atomic E-state index is 12.4. The van der Waals surface area contributed by atoms with Crippen molar-refractivity contribution in [3.8, 4) is 0 Å². The minimum Gasteiger partial charge on any atom is -0.366 e. The number of alkyl halides is 15. The van der Waals surface area contributed by atoms with Gasteiger partial charge in [-0.3, -0.25) is 14.6 Å². The highest BCUT2D eigenvalue weighted by molar-refractivity contribution is 8.76. The average molecular weight is 2020 g/mol. The van der Waals surface area contributed by atoms with Crippen molar-refractivity contribution in [2.24, 2.45) is 11.8 Å². The number of ketones is 2. The number of para-hydroxylation sites is 2. The van der Waals surface area contributed by atoms with E-state index in [2.05, 4.69) is 271 Å². The second kappa shape index (κ2) is 53.2. The smallest absolute Gasteiger partial charge is 0.366 e. The molecule has 4 unspecified atom stereocenters. The Morgan fingerprint density at radius 3 is 1.24 bits per heavy atom. The summed E-state index contributed by atoms with van der Waals surface area (Å²) in [5, 5.41) is 7.41. The third-order valence-electron chi connectivity index (χ3n) is 22.1. The van der Waals surface area contributed by atoms with Crippen molar-refractivity contribution in [1.82, 2.24) is 4.98 Å². The number of rotatable bonds is 3. The molecule has 0 N–H and O–H groups in total. The van der Waals surface area contributed by atoms with Crippen molar-refractivity contribution >= 4 is 101 Å². The number of thiophene rings is 1. The summed E-state index contributed by atoms with van der Waals surface area (Å²) < 4.78 is 183. The Hall–Kier alpha value is -11.7. The van der Waals surface area contributed by atoms with Crippen molar-refractivity contribution in [2.75, 3.05) is 35.9 Å². The highest BCUT2D eigenvalue weighted by atomic mass is 33.1. The monoisotopic (exact) mass is 2010 g/mol. The van der Waals surface area contributed by atoms with Gasteiger partial charge in [-0.25, -0.2) is 0 Å². The maximum Gasteiger partial charge on any atom is 0.416 e. The number of hydrogen-bond donors (Lipinski definition) is 0. The van der Waals surface area contributed by atoms with Crippen LogP contribution in [-0.2, 0) is 42.7 Å². The van der Waals surface area contributed by atoms with Gasteiger partial charge in [0.25, 0.3) is 0 Å². The van der Waals surface area contributed by atoms with Crippen LogP contribution in [0.15, 0.2) is 371 Å². The number of pyridine rings is 1. The summed E-state index contributed by atoms with van der Waals surface area (Å²) in [5.41, 5.74) is 7.22. The second-order valence-corrected chi connectivity index (χ2v) is 39.8. The maximum atomic E-state index is 12.4. The molecule has 0 fully saturated rings. The summed E-state index contributed by atoms with van der Waals surface area (Å²) in [6.07, 6.45) is 0.784. The van der Waals surface area contributed by atoms with Gasteiger partial charge in [-0.15, -0.1) is 11.3 Å². The number of fused-ring (bicyclic) bond motifs is 8. The molecule has 736 valence electrons.